The highest BCUT2D eigenvalue weighted by Gasteiger charge is 2.27. The van der Waals surface area contributed by atoms with E-state index in [1.807, 2.05) is 11.9 Å². The lowest BCUT2D eigenvalue weighted by Crippen LogP contribution is -2.35. The molecule has 1 saturated carbocycles. The Balaban J connectivity index is 2.02. The van der Waals surface area contributed by atoms with Crippen molar-refractivity contribution in [3.8, 4) is 0 Å². The molecule has 0 radical (unpaired) electrons. The van der Waals surface area contributed by atoms with Gasteiger partial charge in [0.15, 0.2) is 5.96 Å². The molecule has 1 aromatic carbocycles. The lowest BCUT2D eigenvalue weighted by Gasteiger charge is -2.16. The molecule has 2 rings (SSSR count). The summed E-state index contributed by atoms with van der Waals surface area (Å²) in [6.07, 6.45) is 2.36. The Bertz CT molecular complexity index is 472. The lowest BCUT2D eigenvalue weighted by molar-refractivity contribution is 0.181. The number of halogens is 1. The number of methoxy groups -OCH3 is 1. The quantitative estimate of drug-likeness (QED) is 0.653. The van der Waals surface area contributed by atoms with E-state index in [1.165, 1.54) is 18.9 Å². The molecule has 0 aromatic heterocycles. The van der Waals surface area contributed by atoms with Crippen LogP contribution in [0.15, 0.2) is 23.2 Å². The maximum atomic E-state index is 13.4. The molecule has 0 aliphatic heterocycles. The SMILES string of the molecule is COCc1cc(CN=C(N)N(C)C2CC2)ccc1F. The van der Waals surface area contributed by atoms with Crippen molar-refractivity contribution in [2.75, 3.05) is 14.2 Å². The standard InChI is InChI=1S/C14H20FN3O/c1-18(12-4-5-12)14(16)17-8-10-3-6-13(15)11(7-10)9-19-2/h3,6-7,12H,4-5,8-9H2,1-2H3,(H2,16,17). The van der Waals surface area contributed by atoms with E-state index in [9.17, 15) is 4.39 Å². The van der Waals surface area contributed by atoms with Crippen LogP contribution in [0.1, 0.15) is 24.0 Å². The molecule has 4 nitrogen and oxygen atoms in total. The van der Waals surface area contributed by atoms with Gasteiger partial charge in [-0.05, 0) is 30.5 Å². The van der Waals surface area contributed by atoms with Gasteiger partial charge < -0.3 is 15.4 Å². The van der Waals surface area contributed by atoms with Crippen LogP contribution in [0.2, 0.25) is 0 Å². The summed E-state index contributed by atoms with van der Waals surface area (Å²) in [5, 5.41) is 0. The lowest BCUT2D eigenvalue weighted by atomic mass is 10.1. The van der Waals surface area contributed by atoms with Crippen LogP contribution < -0.4 is 5.73 Å². The Morgan fingerprint density at radius 3 is 2.89 bits per heavy atom. The van der Waals surface area contributed by atoms with Gasteiger partial charge in [-0.25, -0.2) is 9.38 Å². The van der Waals surface area contributed by atoms with E-state index in [0.29, 0.717) is 24.1 Å². The molecule has 2 N–H and O–H groups in total. The van der Waals surface area contributed by atoms with E-state index >= 15 is 0 Å². The number of rotatable bonds is 5. The predicted molar refractivity (Wildman–Crippen MR) is 73.2 cm³/mol. The molecule has 1 fully saturated rings. The second kappa shape index (κ2) is 6.02. The van der Waals surface area contributed by atoms with Crippen LogP contribution in [-0.4, -0.2) is 31.1 Å². The Morgan fingerprint density at radius 1 is 1.53 bits per heavy atom. The van der Waals surface area contributed by atoms with Crippen LogP contribution in [0, 0.1) is 5.82 Å². The fourth-order valence-corrected chi connectivity index (χ4v) is 1.93. The zero-order valence-corrected chi connectivity index (χ0v) is 11.4. The van der Waals surface area contributed by atoms with Crippen molar-refractivity contribution in [3.63, 3.8) is 0 Å². The van der Waals surface area contributed by atoms with Crippen LogP contribution in [0.25, 0.3) is 0 Å². The summed E-state index contributed by atoms with van der Waals surface area (Å²) in [5.41, 5.74) is 7.39. The summed E-state index contributed by atoms with van der Waals surface area (Å²) in [6, 6.07) is 5.48. The third-order valence-electron chi connectivity index (χ3n) is 3.29. The molecule has 0 atom stereocenters. The first kappa shape index (κ1) is 13.8. The first-order chi connectivity index (χ1) is 9.11. The molecule has 0 amide bonds. The zero-order chi connectivity index (χ0) is 13.8. The smallest absolute Gasteiger partial charge is 0.191 e. The van der Waals surface area contributed by atoms with Crippen molar-refractivity contribution in [1.29, 1.82) is 0 Å². The van der Waals surface area contributed by atoms with Gasteiger partial charge in [-0.3, -0.25) is 0 Å². The zero-order valence-electron chi connectivity index (χ0n) is 11.4. The van der Waals surface area contributed by atoms with Gasteiger partial charge in [-0.15, -0.1) is 0 Å². The van der Waals surface area contributed by atoms with E-state index in [4.69, 9.17) is 10.5 Å². The molecule has 0 saturated heterocycles. The average Bonchev–Trinajstić information content (AvgIpc) is 3.23. The number of guanidine groups is 1. The second-order valence-corrected chi connectivity index (χ2v) is 4.88. The molecule has 0 spiro atoms. The Morgan fingerprint density at radius 2 is 2.26 bits per heavy atom. The van der Waals surface area contributed by atoms with Crippen molar-refractivity contribution in [2.45, 2.75) is 32.0 Å². The summed E-state index contributed by atoms with van der Waals surface area (Å²) >= 11 is 0. The maximum Gasteiger partial charge on any atom is 0.191 e. The van der Waals surface area contributed by atoms with Gasteiger partial charge >= 0.3 is 0 Å². The van der Waals surface area contributed by atoms with Crippen LogP contribution in [0.4, 0.5) is 4.39 Å². The molecule has 1 aliphatic rings. The number of nitrogens with zero attached hydrogens (tertiary/aromatic N) is 2. The number of hydrogen-bond acceptors (Lipinski definition) is 2. The summed E-state index contributed by atoms with van der Waals surface area (Å²) in [6.45, 7) is 0.723. The molecule has 0 heterocycles. The van der Waals surface area contributed by atoms with Crippen LogP contribution in [-0.2, 0) is 17.9 Å². The molecule has 0 bridgehead atoms. The second-order valence-electron chi connectivity index (χ2n) is 4.88. The number of hydrogen-bond donors (Lipinski definition) is 1. The average molecular weight is 265 g/mol. The van der Waals surface area contributed by atoms with Crippen molar-refractivity contribution in [3.05, 3.63) is 35.1 Å². The minimum absolute atomic E-state index is 0.252. The van der Waals surface area contributed by atoms with Crippen LogP contribution in [0.3, 0.4) is 0 Å². The maximum absolute atomic E-state index is 13.4. The van der Waals surface area contributed by atoms with Gasteiger partial charge in [-0.1, -0.05) is 6.07 Å². The molecule has 19 heavy (non-hydrogen) atoms. The summed E-state index contributed by atoms with van der Waals surface area (Å²) < 4.78 is 18.4. The van der Waals surface area contributed by atoms with Gasteiger partial charge in [0.1, 0.15) is 5.82 Å². The largest absolute Gasteiger partial charge is 0.380 e. The Hall–Kier alpha value is -1.62. The van der Waals surface area contributed by atoms with Gasteiger partial charge in [0.2, 0.25) is 0 Å². The molecule has 0 unspecified atom stereocenters. The van der Waals surface area contributed by atoms with E-state index in [1.54, 1.807) is 19.2 Å². The van der Waals surface area contributed by atoms with Crippen LogP contribution in [0.5, 0.6) is 0 Å². The van der Waals surface area contributed by atoms with Gasteiger partial charge in [0.05, 0.1) is 13.2 Å². The van der Waals surface area contributed by atoms with Gasteiger partial charge in [0.25, 0.3) is 0 Å². The normalized spacial score (nSPS) is 15.6. The van der Waals surface area contributed by atoms with Crippen molar-refractivity contribution < 1.29 is 9.13 Å². The highest BCUT2D eigenvalue weighted by atomic mass is 19.1. The third kappa shape index (κ3) is 3.67. The minimum Gasteiger partial charge on any atom is -0.380 e. The van der Waals surface area contributed by atoms with E-state index < -0.39 is 0 Å². The Kier molecular flexibility index (Phi) is 4.37. The van der Waals surface area contributed by atoms with E-state index in [2.05, 4.69) is 4.99 Å². The minimum atomic E-state index is -0.252. The monoisotopic (exact) mass is 265 g/mol. The van der Waals surface area contributed by atoms with E-state index in [0.717, 1.165) is 5.56 Å². The molecule has 1 aromatic rings. The molecule has 104 valence electrons. The Labute approximate surface area is 113 Å². The highest BCUT2D eigenvalue weighted by molar-refractivity contribution is 5.78. The summed E-state index contributed by atoms with van der Waals surface area (Å²) in [5.74, 6) is 0.290. The van der Waals surface area contributed by atoms with Crippen LogP contribution >= 0.6 is 0 Å². The first-order valence-corrected chi connectivity index (χ1v) is 6.41. The first-order valence-electron chi connectivity index (χ1n) is 6.41. The van der Waals surface area contributed by atoms with E-state index in [-0.39, 0.29) is 12.4 Å². The third-order valence-corrected chi connectivity index (χ3v) is 3.29. The fourth-order valence-electron chi connectivity index (χ4n) is 1.93. The topological polar surface area (TPSA) is 50.9 Å². The summed E-state index contributed by atoms with van der Waals surface area (Å²) in [4.78, 5) is 6.34. The van der Waals surface area contributed by atoms with Crippen molar-refractivity contribution in [2.24, 2.45) is 10.7 Å². The summed E-state index contributed by atoms with van der Waals surface area (Å²) in [7, 11) is 3.50. The van der Waals surface area contributed by atoms with Crippen molar-refractivity contribution in [1.82, 2.24) is 4.90 Å². The fraction of sp³-hybridized carbons (Fsp3) is 0.500. The molecular weight excluding hydrogens is 245 g/mol. The molecular formula is C14H20FN3O. The predicted octanol–water partition coefficient (Wildman–Crippen LogP) is 1.88. The molecule has 5 heteroatoms. The number of ether oxygens (including phenoxy) is 1. The van der Waals surface area contributed by atoms with Gasteiger partial charge in [0, 0.05) is 25.8 Å². The molecule has 1 aliphatic carbocycles. The number of nitrogens with two attached hydrogens (primary N) is 1. The van der Waals surface area contributed by atoms with Gasteiger partial charge in [-0.2, -0.15) is 0 Å². The number of aliphatic imine (C=N–C) groups is 1. The van der Waals surface area contributed by atoms with Crippen molar-refractivity contribution >= 4 is 5.96 Å². The highest BCUT2D eigenvalue weighted by Crippen LogP contribution is 2.25. The number of benzene rings is 1.